The number of aryl methyl sites for hydroxylation is 1. The van der Waals surface area contributed by atoms with E-state index in [1.807, 2.05) is 68.4 Å². The second-order valence-corrected chi connectivity index (χ2v) is 14.7. The molecule has 4 rings (SSSR count). The number of carbonyl (C=O) groups is 2. The average molecular weight is 752 g/mol. The molecule has 0 unspecified atom stereocenters. The number of rotatable bonds is 15. The van der Waals surface area contributed by atoms with Crippen molar-refractivity contribution in [3.63, 3.8) is 0 Å². The number of benzene rings is 4. The molecule has 0 aliphatic heterocycles. The van der Waals surface area contributed by atoms with Crippen molar-refractivity contribution in [1.29, 1.82) is 0 Å². The Morgan fingerprint density at radius 1 is 0.939 bits per heavy atom. The fraction of sp³-hybridized carbons (Fsp3) is 0.278. The highest BCUT2D eigenvalue weighted by Gasteiger charge is 2.35. The van der Waals surface area contributed by atoms with Crippen molar-refractivity contribution in [3.05, 3.63) is 128 Å². The Bertz CT molecular complexity index is 1870. The molecule has 13 heteroatoms. The summed E-state index contributed by atoms with van der Waals surface area (Å²) in [6.45, 7) is 5.12. The molecule has 0 fully saturated rings. The second kappa shape index (κ2) is 16.6. The number of ether oxygens (including phenoxy) is 1. The van der Waals surface area contributed by atoms with Gasteiger partial charge in [0.2, 0.25) is 11.8 Å². The zero-order valence-corrected chi connectivity index (χ0v) is 30.1. The van der Waals surface area contributed by atoms with E-state index in [2.05, 4.69) is 21.2 Å². The summed E-state index contributed by atoms with van der Waals surface area (Å²) in [6.07, 6.45) is 0.173. The third-order valence-electron chi connectivity index (χ3n) is 7.83. The minimum atomic E-state index is -4.55. The number of anilines is 1. The van der Waals surface area contributed by atoms with Gasteiger partial charge in [0.15, 0.2) is 0 Å². The topological polar surface area (TPSA) is 139 Å². The van der Waals surface area contributed by atoms with Gasteiger partial charge in [-0.25, -0.2) is 8.42 Å². The Hall–Kier alpha value is -4.75. The van der Waals surface area contributed by atoms with Gasteiger partial charge in [-0.05, 0) is 66.4 Å². The first-order valence-corrected chi connectivity index (χ1v) is 17.8. The van der Waals surface area contributed by atoms with Gasteiger partial charge >= 0.3 is 0 Å². The van der Waals surface area contributed by atoms with E-state index in [4.69, 9.17) is 4.74 Å². The van der Waals surface area contributed by atoms with Crippen LogP contribution in [0.4, 0.5) is 11.4 Å². The number of nitrogens with one attached hydrogen (secondary N) is 1. The molecule has 258 valence electrons. The minimum Gasteiger partial charge on any atom is -0.497 e. The van der Waals surface area contributed by atoms with Crippen LogP contribution in [0.3, 0.4) is 0 Å². The first kappa shape index (κ1) is 37.1. The van der Waals surface area contributed by atoms with Crippen LogP contribution in [0.5, 0.6) is 5.75 Å². The summed E-state index contributed by atoms with van der Waals surface area (Å²) >= 11 is 3.43. The van der Waals surface area contributed by atoms with Gasteiger partial charge in [0.05, 0.1) is 22.6 Å². The Labute approximate surface area is 295 Å². The molecule has 0 heterocycles. The van der Waals surface area contributed by atoms with Crippen molar-refractivity contribution in [2.75, 3.05) is 24.5 Å². The van der Waals surface area contributed by atoms with Crippen molar-refractivity contribution in [2.24, 2.45) is 5.92 Å². The Balaban J connectivity index is 1.83. The first-order valence-electron chi connectivity index (χ1n) is 15.6. The van der Waals surface area contributed by atoms with Gasteiger partial charge in [-0.15, -0.1) is 0 Å². The molecule has 2 amide bonds. The van der Waals surface area contributed by atoms with Crippen LogP contribution in [0.1, 0.15) is 30.5 Å². The summed E-state index contributed by atoms with van der Waals surface area (Å²) in [5, 5.41) is 14.7. The lowest BCUT2D eigenvalue weighted by molar-refractivity contribution is -0.385. The fourth-order valence-corrected chi connectivity index (χ4v) is 6.81. The lowest BCUT2D eigenvalue weighted by Gasteiger charge is -2.34. The maximum atomic E-state index is 14.6. The largest absolute Gasteiger partial charge is 0.497 e. The fourth-order valence-electron chi connectivity index (χ4n) is 5.11. The normalized spacial score (nSPS) is 11.9. The van der Waals surface area contributed by atoms with Crippen molar-refractivity contribution in [1.82, 2.24) is 10.2 Å². The molecular weight excluding hydrogens is 712 g/mol. The zero-order chi connectivity index (χ0) is 35.7. The molecule has 0 radical (unpaired) electrons. The van der Waals surface area contributed by atoms with E-state index in [-0.39, 0.29) is 46.6 Å². The second-order valence-electron chi connectivity index (χ2n) is 11.9. The molecule has 0 aromatic heterocycles. The van der Waals surface area contributed by atoms with Gasteiger partial charge in [-0.3, -0.25) is 24.0 Å². The predicted molar refractivity (Wildman–Crippen MR) is 192 cm³/mol. The number of nitrogens with zero attached hydrogens (tertiary/aromatic N) is 3. The number of hydrogen-bond acceptors (Lipinski definition) is 7. The summed E-state index contributed by atoms with van der Waals surface area (Å²) in [5.41, 5.74) is 1.58. The highest BCUT2D eigenvalue weighted by Crippen LogP contribution is 2.30. The SMILES string of the molecule is COc1ccc(N(CC(=O)N(Cc2ccc(Br)cc2)[C@@H](Cc2ccccc2)C(=O)NCC(C)C)S(=O)(=O)c2ccc(C)c([N+](=O)[O-])c2)cc1. The smallest absolute Gasteiger partial charge is 0.273 e. The summed E-state index contributed by atoms with van der Waals surface area (Å²) in [7, 11) is -3.08. The summed E-state index contributed by atoms with van der Waals surface area (Å²) < 4.78 is 35.6. The molecule has 4 aromatic rings. The summed E-state index contributed by atoms with van der Waals surface area (Å²) in [6, 6.07) is 25.3. The van der Waals surface area contributed by atoms with E-state index in [9.17, 15) is 28.1 Å². The van der Waals surface area contributed by atoms with Crippen molar-refractivity contribution < 1.29 is 27.7 Å². The Morgan fingerprint density at radius 3 is 2.18 bits per heavy atom. The Kier molecular flexibility index (Phi) is 12.5. The van der Waals surface area contributed by atoms with Gasteiger partial charge in [0, 0.05) is 35.6 Å². The van der Waals surface area contributed by atoms with Crippen LogP contribution in [0.25, 0.3) is 0 Å². The quantitative estimate of drug-likeness (QED) is 0.111. The summed E-state index contributed by atoms with van der Waals surface area (Å²) in [5.74, 6) is -0.424. The zero-order valence-electron chi connectivity index (χ0n) is 27.7. The number of nitro benzene ring substituents is 1. The molecule has 49 heavy (non-hydrogen) atoms. The minimum absolute atomic E-state index is 0.00517. The van der Waals surface area contributed by atoms with Crippen molar-refractivity contribution >= 4 is 49.1 Å². The van der Waals surface area contributed by atoms with Gasteiger partial charge in [-0.1, -0.05) is 78.3 Å². The van der Waals surface area contributed by atoms with Gasteiger partial charge in [-0.2, -0.15) is 0 Å². The van der Waals surface area contributed by atoms with Crippen LogP contribution < -0.4 is 14.4 Å². The first-order chi connectivity index (χ1) is 23.3. The highest BCUT2D eigenvalue weighted by atomic mass is 79.9. The van der Waals surface area contributed by atoms with Crippen LogP contribution >= 0.6 is 15.9 Å². The number of carbonyl (C=O) groups excluding carboxylic acids is 2. The van der Waals surface area contributed by atoms with E-state index in [0.717, 1.165) is 26.0 Å². The molecule has 0 bridgehead atoms. The van der Waals surface area contributed by atoms with E-state index in [1.165, 1.54) is 43.2 Å². The molecule has 4 aromatic carbocycles. The van der Waals surface area contributed by atoms with Crippen LogP contribution in [-0.2, 0) is 32.6 Å². The number of amides is 2. The number of sulfonamides is 1. The predicted octanol–water partition coefficient (Wildman–Crippen LogP) is 6.28. The number of nitro groups is 1. The van der Waals surface area contributed by atoms with E-state index in [0.29, 0.717) is 12.3 Å². The van der Waals surface area contributed by atoms with Gasteiger partial charge in [0.25, 0.3) is 15.7 Å². The molecular formula is C36H39BrN4O7S. The van der Waals surface area contributed by atoms with E-state index >= 15 is 0 Å². The Morgan fingerprint density at radius 2 is 1.59 bits per heavy atom. The lowest BCUT2D eigenvalue weighted by atomic mass is 10.0. The van der Waals surface area contributed by atoms with Crippen LogP contribution in [0.15, 0.2) is 106 Å². The molecule has 11 nitrogen and oxygen atoms in total. The molecule has 0 saturated heterocycles. The van der Waals surface area contributed by atoms with Crippen LogP contribution in [0.2, 0.25) is 0 Å². The third-order valence-corrected chi connectivity index (χ3v) is 10.1. The highest BCUT2D eigenvalue weighted by molar-refractivity contribution is 9.10. The van der Waals surface area contributed by atoms with E-state index < -0.39 is 33.4 Å². The maximum absolute atomic E-state index is 14.6. The molecule has 1 atom stereocenters. The van der Waals surface area contributed by atoms with Crippen molar-refractivity contribution in [2.45, 2.75) is 44.7 Å². The maximum Gasteiger partial charge on any atom is 0.273 e. The monoisotopic (exact) mass is 750 g/mol. The molecule has 0 aliphatic carbocycles. The van der Waals surface area contributed by atoms with Gasteiger partial charge < -0.3 is 15.0 Å². The summed E-state index contributed by atoms with van der Waals surface area (Å²) in [4.78, 5) is 40.6. The van der Waals surface area contributed by atoms with Crippen molar-refractivity contribution in [3.8, 4) is 5.75 Å². The van der Waals surface area contributed by atoms with Crippen LogP contribution in [0, 0.1) is 23.0 Å². The average Bonchev–Trinajstić information content (AvgIpc) is 3.08. The number of methoxy groups -OCH3 is 1. The van der Waals surface area contributed by atoms with E-state index in [1.54, 1.807) is 12.1 Å². The molecule has 0 spiro atoms. The molecule has 1 N–H and O–H groups in total. The van der Waals surface area contributed by atoms with Crippen LogP contribution in [-0.4, -0.2) is 56.3 Å². The standard InChI is InChI=1S/C36H39BrN4O7S/c1-25(2)22-38-36(43)34(20-27-8-6-5-7-9-27)39(23-28-11-13-29(37)14-12-28)35(42)24-40(30-15-17-31(48-4)18-16-30)49(46,47)32-19-10-26(3)33(21-32)41(44)45/h5-19,21,25,34H,20,22-24H2,1-4H3,(H,38,43)/t34-/m0/s1. The third kappa shape index (κ3) is 9.67. The molecule has 0 aliphatic rings. The molecule has 0 saturated carbocycles. The lowest BCUT2D eigenvalue weighted by Crippen LogP contribution is -2.53. The van der Waals surface area contributed by atoms with Gasteiger partial charge in [0.1, 0.15) is 18.3 Å². The number of halogens is 1. The number of hydrogen-bond donors (Lipinski definition) is 1.